The number of amides is 1. The third-order valence-electron chi connectivity index (χ3n) is 22.0. The summed E-state index contributed by atoms with van der Waals surface area (Å²) in [4.78, 5) is 13.5. The van der Waals surface area contributed by atoms with Crippen LogP contribution in [0.25, 0.3) is 0 Å². The molecular formula is C90H163NO18. The summed E-state index contributed by atoms with van der Waals surface area (Å²) in [5.74, 6) is -0.284. The van der Waals surface area contributed by atoms with Crippen LogP contribution in [-0.2, 0) is 33.2 Å². The van der Waals surface area contributed by atoms with Crippen LogP contribution in [0, 0.1) is 0 Å². The largest absolute Gasteiger partial charge is 0.394 e. The lowest BCUT2D eigenvalue weighted by Gasteiger charge is -2.48. The van der Waals surface area contributed by atoms with Crippen LogP contribution in [0.15, 0.2) is 72.9 Å². The van der Waals surface area contributed by atoms with Crippen molar-refractivity contribution < 1.29 is 89.4 Å². The van der Waals surface area contributed by atoms with E-state index in [1.165, 1.54) is 270 Å². The smallest absolute Gasteiger partial charge is 0.220 e. The van der Waals surface area contributed by atoms with E-state index in [9.17, 15) is 61.0 Å². The van der Waals surface area contributed by atoms with Gasteiger partial charge in [-0.1, -0.05) is 344 Å². The first-order valence-corrected chi connectivity index (χ1v) is 44.7. The van der Waals surface area contributed by atoms with E-state index in [0.29, 0.717) is 12.8 Å². The van der Waals surface area contributed by atoms with Gasteiger partial charge in [0.2, 0.25) is 5.91 Å². The molecule has 0 spiro atoms. The number of carbonyl (C=O) groups excluding carboxylic acids is 1. The SMILES string of the molecule is CCCCCCC/C=C\C/C=C\C/C=C\CCCCCCCCCCCCCCCCCCCCCCCCC(=O)NC(COC1OC(CO)C(OC2OC(CO)C(OC3OC(CO)C(O)C(O)C3O)C(O)C2O)C(O)C1O)C(O)/C=C/CC/C=C/CC/C=C/CCCCCCCCCCCCCCCCCCC. The van der Waals surface area contributed by atoms with Crippen molar-refractivity contribution >= 4 is 5.91 Å². The van der Waals surface area contributed by atoms with Gasteiger partial charge in [-0.2, -0.15) is 0 Å². The Kier molecular flexibility index (Phi) is 64.1. The van der Waals surface area contributed by atoms with E-state index in [4.69, 9.17) is 28.4 Å². The Hall–Kier alpha value is -2.77. The van der Waals surface area contributed by atoms with Crippen molar-refractivity contribution in [3.05, 3.63) is 72.9 Å². The molecule has 0 radical (unpaired) electrons. The standard InChI is InChI=1S/C90H163NO18/c1-3-5-7-9-11-13-15-17-19-21-23-25-27-29-31-32-33-34-35-36-37-38-39-40-42-44-46-48-50-52-54-56-58-60-62-64-66-68-78(96)91-73(74(95)67-65-63-61-59-57-55-53-51-49-47-45-43-41-30-28-26-24-22-20-18-16-14-12-10-8-6-4-2)72-104-88-84(102)81(99)86(76(70-93)106-88)109-90-85(103)82(100)87(77(71-94)107-90)108-89-83(101)80(98)79(97)75(69-92)105-89/h15,17,21,23,27,29,49,51,57,59,65,67,73-77,79-90,92-95,97-103H,3-14,16,18-20,22,24-26,28,30-48,50,52-56,58,60-64,66,68-72H2,1-2H3,(H,91,96)/b17-15-,23-21-,29-27-,51-49+,59-57+,67-65+. The molecule has 19 heteroatoms. The molecule has 0 aromatic rings. The van der Waals surface area contributed by atoms with Gasteiger partial charge in [0.05, 0.1) is 38.6 Å². The summed E-state index contributed by atoms with van der Waals surface area (Å²) < 4.78 is 34.5. The highest BCUT2D eigenvalue weighted by molar-refractivity contribution is 5.76. The zero-order valence-electron chi connectivity index (χ0n) is 68.5. The van der Waals surface area contributed by atoms with Gasteiger partial charge in [0.15, 0.2) is 18.9 Å². The second-order valence-electron chi connectivity index (χ2n) is 31.7. The van der Waals surface area contributed by atoms with Gasteiger partial charge in [0.1, 0.15) is 73.2 Å². The van der Waals surface area contributed by atoms with Gasteiger partial charge < -0.3 is 89.9 Å². The molecule has 0 aliphatic carbocycles. The fraction of sp³-hybridized carbons (Fsp3) is 0.856. The van der Waals surface area contributed by atoms with Gasteiger partial charge in [-0.05, 0) is 83.5 Å². The molecule has 12 N–H and O–H groups in total. The van der Waals surface area contributed by atoms with Crippen molar-refractivity contribution in [2.24, 2.45) is 0 Å². The fourth-order valence-electron chi connectivity index (χ4n) is 14.8. The third kappa shape index (κ3) is 48.4. The van der Waals surface area contributed by atoms with E-state index in [1.54, 1.807) is 6.08 Å². The molecule has 3 fully saturated rings. The third-order valence-corrected chi connectivity index (χ3v) is 22.0. The number of carbonyl (C=O) groups is 1. The van der Waals surface area contributed by atoms with Crippen LogP contribution in [-0.4, -0.2) is 193 Å². The van der Waals surface area contributed by atoms with E-state index in [0.717, 1.165) is 57.8 Å². The number of aliphatic hydroxyl groups is 11. The average Bonchev–Trinajstić information content (AvgIpc) is 0.760. The maximum atomic E-state index is 13.5. The van der Waals surface area contributed by atoms with Crippen molar-refractivity contribution in [2.75, 3.05) is 26.4 Å². The van der Waals surface area contributed by atoms with Crippen LogP contribution in [0.5, 0.6) is 0 Å². The van der Waals surface area contributed by atoms with E-state index in [1.807, 2.05) is 6.08 Å². The Morgan fingerprint density at radius 3 is 0.982 bits per heavy atom. The summed E-state index contributed by atoms with van der Waals surface area (Å²) in [6.45, 7) is 1.75. The first-order chi connectivity index (χ1) is 53.3. The summed E-state index contributed by atoms with van der Waals surface area (Å²) in [5.41, 5.74) is 0. The molecule has 3 saturated heterocycles. The molecule has 636 valence electrons. The number of rotatable bonds is 72. The van der Waals surface area contributed by atoms with Crippen LogP contribution < -0.4 is 5.32 Å². The van der Waals surface area contributed by atoms with Crippen LogP contribution in [0.4, 0.5) is 0 Å². The average molecular weight is 1550 g/mol. The second kappa shape index (κ2) is 69.5. The minimum Gasteiger partial charge on any atom is -0.394 e. The maximum absolute atomic E-state index is 13.5. The molecule has 3 aliphatic rings. The minimum absolute atomic E-state index is 0.233. The number of ether oxygens (including phenoxy) is 6. The minimum atomic E-state index is -1.99. The van der Waals surface area contributed by atoms with Gasteiger partial charge in [-0.25, -0.2) is 0 Å². The molecule has 0 saturated carbocycles. The van der Waals surface area contributed by atoms with Crippen molar-refractivity contribution in [3.63, 3.8) is 0 Å². The molecule has 19 nitrogen and oxygen atoms in total. The zero-order chi connectivity index (χ0) is 78.8. The lowest BCUT2D eigenvalue weighted by Crippen LogP contribution is -2.66. The first kappa shape index (κ1) is 100. The molecule has 17 unspecified atom stereocenters. The number of allylic oxidation sites excluding steroid dienone is 11. The van der Waals surface area contributed by atoms with E-state index in [2.05, 4.69) is 79.9 Å². The summed E-state index contributed by atoms with van der Waals surface area (Å²) in [6.07, 6.45) is 66.3. The number of nitrogens with one attached hydrogen (secondary N) is 1. The Labute approximate surface area is 661 Å². The Balaban J connectivity index is 1.33. The van der Waals surface area contributed by atoms with Crippen LogP contribution in [0.3, 0.4) is 0 Å². The Bertz CT molecular complexity index is 2250. The van der Waals surface area contributed by atoms with Crippen molar-refractivity contribution in [1.82, 2.24) is 5.32 Å². The first-order valence-electron chi connectivity index (χ1n) is 44.7. The highest BCUT2D eigenvalue weighted by atomic mass is 16.8. The van der Waals surface area contributed by atoms with Crippen molar-refractivity contribution in [1.29, 1.82) is 0 Å². The predicted molar refractivity (Wildman–Crippen MR) is 438 cm³/mol. The molecule has 17 atom stereocenters. The molecule has 3 rings (SSSR count). The lowest BCUT2D eigenvalue weighted by molar-refractivity contribution is -0.379. The number of unbranched alkanes of at least 4 members (excludes halogenated alkanes) is 46. The predicted octanol–water partition coefficient (Wildman–Crippen LogP) is 16.7. The van der Waals surface area contributed by atoms with Gasteiger partial charge in [-0.3, -0.25) is 4.79 Å². The Morgan fingerprint density at radius 1 is 0.330 bits per heavy atom. The molecule has 3 heterocycles. The van der Waals surface area contributed by atoms with Crippen molar-refractivity contribution in [3.8, 4) is 0 Å². The highest BCUT2D eigenvalue weighted by Crippen LogP contribution is 2.33. The molecule has 0 aromatic carbocycles. The van der Waals surface area contributed by atoms with E-state index in [-0.39, 0.29) is 18.9 Å². The monoisotopic (exact) mass is 1550 g/mol. The topological polar surface area (TPSA) is 307 Å². The summed E-state index contributed by atoms with van der Waals surface area (Å²) in [5, 5.41) is 121. The van der Waals surface area contributed by atoms with Crippen molar-refractivity contribution in [2.45, 2.75) is 465 Å². The summed E-state index contributed by atoms with van der Waals surface area (Å²) in [6, 6.07) is -1.00. The van der Waals surface area contributed by atoms with E-state index < -0.39 is 124 Å². The number of hydrogen-bond acceptors (Lipinski definition) is 18. The molecule has 3 aliphatic heterocycles. The maximum Gasteiger partial charge on any atom is 0.220 e. The fourth-order valence-corrected chi connectivity index (χ4v) is 14.8. The molecule has 1 amide bonds. The molecule has 109 heavy (non-hydrogen) atoms. The normalized spacial score (nSPS) is 25.6. The van der Waals surface area contributed by atoms with Gasteiger partial charge >= 0.3 is 0 Å². The zero-order valence-corrected chi connectivity index (χ0v) is 68.5. The molecular weight excluding hydrogens is 1380 g/mol. The van der Waals surface area contributed by atoms with Gasteiger partial charge in [-0.15, -0.1) is 0 Å². The molecule has 0 bridgehead atoms. The number of aliphatic hydroxyl groups excluding tert-OH is 11. The lowest BCUT2D eigenvalue weighted by atomic mass is 9.96. The van der Waals surface area contributed by atoms with Crippen LogP contribution in [0.1, 0.15) is 361 Å². The van der Waals surface area contributed by atoms with E-state index >= 15 is 0 Å². The Morgan fingerprint density at radius 2 is 0.615 bits per heavy atom. The van der Waals surface area contributed by atoms with Crippen LogP contribution >= 0.6 is 0 Å². The quantitative estimate of drug-likeness (QED) is 0.0199. The summed E-state index contributed by atoms with van der Waals surface area (Å²) in [7, 11) is 0. The summed E-state index contributed by atoms with van der Waals surface area (Å²) >= 11 is 0. The second-order valence-corrected chi connectivity index (χ2v) is 31.7. The van der Waals surface area contributed by atoms with Gasteiger partial charge in [0, 0.05) is 6.42 Å². The van der Waals surface area contributed by atoms with Crippen LogP contribution in [0.2, 0.25) is 0 Å². The van der Waals surface area contributed by atoms with Gasteiger partial charge in [0.25, 0.3) is 0 Å². The molecule has 0 aromatic heterocycles. The number of hydrogen-bond donors (Lipinski definition) is 12. The highest BCUT2D eigenvalue weighted by Gasteiger charge is 2.54.